The zero-order chi connectivity index (χ0) is 15.9. The van der Waals surface area contributed by atoms with Gasteiger partial charge >= 0.3 is 0 Å². The molecule has 2 aromatic rings. The van der Waals surface area contributed by atoms with Crippen molar-refractivity contribution >= 4 is 23.0 Å². The minimum Gasteiger partial charge on any atom is -0.378 e. The second-order valence-electron chi connectivity index (χ2n) is 5.00. The smallest absolute Gasteiger partial charge is 0.243 e. The first kappa shape index (κ1) is 15.4. The average Bonchev–Trinajstić information content (AvgIpc) is 2.53. The standard InChI is InChI=1S/C17H18N4O/c1-21(2)15-9-7-14(8-10-15)20-17(22)12-19-16-6-4-3-5-13(16)11-18/h3-10,19H,12H2,1-2H3,(H,20,22). The number of carbonyl (C=O) groups excluding carboxylic acids is 1. The number of carbonyl (C=O) groups is 1. The van der Waals surface area contributed by atoms with E-state index in [2.05, 4.69) is 16.7 Å². The first-order chi connectivity index (χ1) is 10.6. The molecule has 0 heterocycles. The van der Waals surface area contributed by atoms with Gasteiger partial charge in [0.1, 0.15) is 6.07 Å². The first-order valence-corrected chi connectivity index (χ1v) is 6.90. The van der Waals surface area contributed by atoms with Crippen molar-refractivity contribution in [2.45, 2.75) is 0 Å². The van der Waals surface area contributed by atoms with Crippen LogP contribution in [-0.2, 0) is 4.79 Å². The van der Waals surface area contributed by atoms with E-state index in [1.165, 1.54) is 0 Å². The number of rotatable bonds is 5. The third kappa shape index (κ3) is 4.00. The number of anilines is 3. The summed E-state index contributed by atoms with van der Waals surface area (Å²) >= 11 is 0. The largest absolute Gasteiger partial charge is 0.378 e. The maximum atomic E-state index is 11.9. The summed E-state index contributed by atoms with van der Waals surface area (Å²) in [6.07, 6.45) is 0. The van der Waals surface area contributed by atoms with Crippen molar-refractivity contribution in [3.63, 3.8) is 0 Å². The van der Waals surface area contributed by atoms with E-state index >= 15 is 0 Å². The van der Waals surface area contributed by atoms with Crippen molar-refractivity contribution < 1.29 is 4.79 Å². The molecular weight excluding hydrogens is 276 g/mol. The quantitative estimate of drug-likeness (QED) is 0.889. The molecule has 0 saturated carbocycles. The fourth-order valence-corrected chi connectivity index (χ4v) is 1.96. The van der Waals surface area contributed by atoms with E-state index in [4.69, 9.17) is 5.26 Å². The van der Waals surface area contributed by atoms with E-state index < -0.39 is 0 Å². The molecule has 0 aliphatic heterocycles. The minimum absolute atomic E-state index is 0.105. The van der Waals surface area contributed by atoms with Crippen LogP contribution in [0.1, 0.15) is 5.56 Å². The third-order valence-electron chi connectivity index (χ3n) is 3.15. The van der Waals surface area contributed by atoms with Gasteiger partial charge in [-0.25, -0.2) is 0 Å². The Bertz CT molecular complexity index is 687. The summed E-state index contributed by atoms with van der Waals surface area (Å²) in [6.45, 7) is 0.105. The van der Waals surface area contributed by atoms with Gasteiger partial charge in [0.2, 0.25) is 5.91 Å². The van der Waals surface area contributed by atoms with Crippen molar-refractivity contribution in [3.8, 4) is 6.07 Å². The van der Waals surface area contributed by atoms with Gasteiger partial charge in [0.25, 0.3) is 0 Å². The van der Waals surface area contributed by atoms with Gasteiger partial charge in [-0.15, -0.1) is 0 Å². The molecule has 5 heteroatoms. The van der Waals surface area contributed by atoms with Crippen LogP contribution in [0.2, 0.25) is 0 Å². The second kappa shape index (κ2) is 7.14. The van der Waals surface area contributed by atoms with Gasteiger partial charge in [-0.2, -0.15) is 5.26 Å². The number of benzene rings is 2. The van der Waals surface area contributed by atoms with Crippen molar-refractivity contribution in [3.05, 3.63) is 54.1 Å². The van der Waals surface area contributed by atoms with Crippen molar-refractivity contribution in [1.29, 1.82) is 5.26 Å². The molecule has 2 rings (SSSR count). The molecule has 0 aromatic heterocycles. The molecule has 22 heavy (non-hydrogen) atoms. The topological polar surface area (TPSA) is 68.2 Å². The summed E-state index contributed by atoms with van der Waals surface area (Å²) in [5.74, 6) is -0.162. The SMILES string of the molecule is CN(C)c1ccc(NC(=O)CNc2ccccc2C#N)cc1. The van der Waals surface area contributed by atoms with Crippen LogP contribution in [0.15, 0.2) is 48.5 Å². The molecule has 0 saturated heterocycles. The van der Waals surface area contributed by atoms with Crippen molar-refractivity contribution in [1.82, 2.24) is 0 Å². The lowest BCUT2D eigenvalue weighted by molar-refractivity contribution is -0.114. The van der Waals surface area contributed by atoms with Crippen molar-refractivity contribution in [2.75, 3.05) is 36.2 Å². The van der Waals surface area contributed by atoms with Gasteiger partial charge in [0.15, 0.2) is 0 Å². The predicted molar refractivity (Wildman–Crippen MR) is 89.0 cm³/mol. The van der Waals surface area contributed by atoms with Crippen LogP contribution >= 0.6 is 0 Å². The predicted octanol–water partition coefficient (Wildman–Crippen LogP) is 2.67. The third-order valence-corrected chi connectivity index (χ3v) is 3.15. The first-order valence-electron chi connectivity index (χ1n) is 6.90. The van der Waals surface area contributed by atoms with Crippen molar-refractivity contribution in [2.24, 2.45) is 0 Å². The lowest BCUT2D eigenvalue weighted by Crippen LogP contribution is -2.22. The maximum Gasteiger partial charge on any atom is 0.243 e. The van der Waals surface area contributed by atoms with E-state index in [1.807, 2.05) is 49.3 Å². The Labute approximate surface area is 130 Å². The summed E-state index contributed by atoms with van der Waals surface area (Å²) in [5.41, 5.74) is 2.98. The number of nitriles is 1. The monoisotopic (exact) mass is 294 g/mol. The molecule has 0 radical (unpaired) electrons. The van der Waals surface area contributed by atoms with Gasteiger partial charge < -0.3 is 15.5 Å². The van der Waals surface area contributed by atoms with E-state index in [9.17, 15) is 4.79 Å². The van der Waals surface area contributed by atoms with E-state index in [0.717, 1.165) is 11.4 Å². The van der Waals surface area contributed by atoms with E-state index in [-0.39, 0.29) is 12.5 Å². The van der Waals surface area contributed by atoms with Crippen LogP contribution in [0.5, 0.6) is 0 Å². The van der Waals surface area contributed by atoms with Crippen LogP contribution in [-0.4, -0.2) is 26.5 Å². The molecule has 0 aliphatic rings. The van der Waals surface area contributed by atoms with Gasteiger partial charge in [0, 0.05) is 25.5 Å². The molecule has 5 nitrogen and oxygen atoms in total. The maximum absolute atomic E-state index is 11.9. The molecular formula is C17H18N4O. The molecule has 2 aromatic carbocycles. The lowest BCUT2D eigenvalue weighted by Gasteiger charge is -2.13. The van der Waals surface area contributed by atoms with Gasteiger partial charge in [-0.1, -0.05) is 12.1 Å². The second-order valence-corrected chi connectivity index (χ2v) is 5.00. The normalized spacial score (nSPS) is 9.68. The summed E-state index contributed by atoms with van der Waals surface area (Å²) in [5, 5.41) is 14.8. The average molecular weight is 294 g/mol. The molecule has 2 N–H and O–H groups in total. The molecule has 112 valence electrons. The Morgan fingerprint density at radius 2 is 1.82 bits per heavy atom. The summed E-state index contributed by atoms with van der Waals surface area (Å²) in [7, 11) is 3.92. The minimum atomic E-state index is -0.162. The zero-order valence-corrected chi connectivity index (χ0v) is 12.6. The molecule has 0 unspecified atom stereocenters. The zero-order valence-electron chi connectivity index (χ0n) is 12.6. The molecule has 0 bridgehead atoms. The van der Waals surface area contributed by atoms with Gasteiger partial charge in [-0.3, -0.25) is 4.79 Å². The number of nitrogens with zero attached hydrogens (tertiary/aromatic N) is 2. The highest BCUT2D eigenvalue weighted by atomic mass is 16.1. The Kier molecular flexibility index (Phi) is 4.99. The number of amides is 1. The lowest BCUT2D eigenvalue weighted by atomic mass is 10.2. The van der Waals surface area contributed by atoms with Crippen LogP contribution in [0, 0.1) is 11.3 Å². The molecule has 0 fully saturated rings. The van der Waals surface area contributed by atoms with Crippen LogP contribution in [0.4, 0.5) is 17.1 Å². The number of nitrogens with one attached hydrogen (secondary N) is 2. The fourth-order valence-electron chi connectivity index (χ4n) is 1.96. The number of hydrogen-bond acceptors (Lipinski definition) is 4. The van der Waals surface area contributed by atoms with Gasteiger partial charge in [-0.05, 0) is 36.4 Å². The number of para-hydroxylation sites is 1. The summed E-state index contributed by atoms with van der Waals surface area (Å²) in [4.78, 5) is 13.9. The molecule has 0 atom stereocenters. The Hall–Kier alpha value is -3.00. The van der Waals surface area contributed by atoms with E-state index in [1.54, 1.807) is 18.2 Å². The van der Waals surface area contributed by atoms with Crippen LogP contribution in [0.3, 0.4) is 0 Å². The summed E-state index contributed by atoms with van der Waals surface area (Å²) < 4.78 is 0. The molecule has 0 aliphatic carbocycles. The highest BCUT2D eigenvalue weighted by molar-refractivity contribution is 5.94. The Morgan fingerprint density at radius 1 is 1.14 bits per heavy atom. The molecule has 1 amide bonds. The Balaban J connectivity index is 1.92. The van der Waals surface area contributed by atoms with E-state index in [0.29, 0.717) is 11.3 Å². The molecule has 0 spiro atoms. The van der Waals surface area contributed by atoms with Crippen LogP contribution in [0.25, 0.3) is 0 Å². The number of hydrogen-bond donors (Lipinski definition) is 2. The highest BCUT2D eigenvalue weighted by Gasteiger charge is 2.05. The highest BCUT2D eigenvalue weighted by Crippen LogP contribution is 2.16. The van der Waals surface area contributed by atoms with Crippen LogP contribution < -0.4 is 15.5 Å². The van der Waals surface area contributed by atoms with Gasteiger partial charge in [0.05, 0.1) is 17.8 Å². The Morgan fingerprint density at radius 3 is 2.45 bits per heavy atom. The summed E-state index contributed by atoms with van der Waals surface area (Å²) in [6, 6.07) is 16.8. The fraction of sp³-hybridized carbons (Fsp3) is 0.176.